The van der Waals surface area contributed by atoms with E-state index in [1.54, 1.807) is 12.4 Å². The fraction of sp³-hybridized carbons (Fsp3) is 0.462. The fourth-order valence-corrected chi connectivity index (χ4v) is 4.47. The van der Waals surface area contributed by atoms with Gasteiger partial charge in [-0.15, -0.1) is 0 Å². The van der Waals surface area contributed by atoms with E-state index in [0.29, 0.717) is 18.8 Å². The number of carboxylic acid groups (broad SMARTS) is 1. The Morgan fingerprint density at radius 1 is 1.22 bits per heavy atom. The molecule has 2 aliphatic rings. The molecule has 0 unspecified atom stereocenters. The number of rotatable bonds is 7. The van der Waals surface area contributed by atoms with Gasteiger partial charge < -0.3 is 29.9 Å². The van der Waals surface area contributed by atoms with Crippen molar-refractivity contribution in [3.05, 3.63) is 52.7 Å². The molecule has 0 bridgehead atoms. The Balaban J connectivity index is 1.34. The smallest absolute Gasteiger partial charge is 0.323 e. The number of hydrogen-bond donors (Lipinski definition) is 3. The van der Waals surface area contributed by atoms with Crippen LogP contribution in [-0.4, -0.2) is 65.4 Å². The Labute approximate surface area is 209 Å². The number of pyridine rings is 2. The molecule has 4 heterocycles. The van der Waals surface area contributed by atoms with E-state index < -0.39 is 18.1 Å². The zero-order valence-electron chi connectivity index (χ0n) is 20.1. The number of amides is 1. The van der Waals surface area contributed by atoms with Crippen molar-refractivity contribution in [3.8, 4) is 11.8 Å². The van der Waals surface area contributed by atoms with Gasteiger partial charge in [-0.25, -0.2) is 0 Å². The maximum Gasteiger partial charge on any atom is 0.323 e. The highest BCUT2D eigenvalue weighted by atomic mass is 16.5. The Hall–Kier alpha value is -3.68. The lowest BCUT2D eigenvalue weighted by Crippen LogP contribution is -2.41. The monoisotopic (exact) mass is 493 g/mol. The van der Waals surface area contributed by atoms with Crippen molar-refractivity contribution in [2.75, 3.05) is 43.0 Å². The molecule has 4 rings (SSSR count). The standard InChI is InChI=1S/C26H31N5O5/c32-24-6-5-21(17-31(24)18-25(33)34)29-26(35)20-4-1-11-30(16-20)22-13-19(14-28-15-22)3-2-12-36-23-7-9-27-10-8-23/h5-6,13-15,17,20,23,27H,1,4,7-12,16,18H2,(H,29,35)(H,33,34)/t20-/m0/s1. The van der Waals surface area contributed by atoms with E-state index in [0.717, 1.165) is 61.1 Å². The number of carbonyl (C=O) groups is 2. The normalized spacial score (nSPS) is 18.2. The van der Waals surface area contributed by atoms with Gasteiger partial charge >= 0.3 is 5.97 Å². The van der Waals surface area contributed by atoms with Crippen molar-refractivity contribution in [1.82, 2.24) is 14.9 Å². The van der Waals surface area contributed by atoms with Gasteiger partial charge in [-0.3, -0.25) is 19.4 Å². The first-order chi connectivity index (χ1) is 17.5. The number of hydrogen-bond acceptors (Lipinski definition) is 7. The van der Waals surface area contributed by atoms with Crippen LogP contribution in [0.2, 0.25) is 0 Å². The molecule has 0 aromatic carbocycles. The molecule has 2 aromatic rings. The van der Waals surface area contributed by atoms with Gasteiger partial charge in [-0.2, -0.15) is 0 Å². The van der Waals surface area contributed by atoms with E-state index in [4.69, 9.17) is 9.84 Å². The van der Waals surface area contributed by atoms with E-state index in [2.05, 4.69) is 32.4 Å². The molecule has 0 aliphatic carbocycles. The van der Waals surface area contributed by atoms with Crippen LogP contribution in [0.25, 0.3) is 0 Å². The number of nitrogens with one attached hydrogen (secondary N) is 2. The summed E-state index contributed by atoms with van der Waals surface area (Å²) in [7, 11) is 0. The van der Waals surface area contributed by atoms with Gasteiger partial charge in [-0.1, -0.05) is 11.8 Å². The third-order valence-electron chi connectivity index (χ3n) is 6.35. The quantitative estimate of drug-likeness (QED) is 0.493. The van der Waals surface area contributed by atoms with Crippen molar-refractivity contribution < 1.29 is 19.4 Å². The van der Waals surface area contributed by atoms with Crippen LogP contribution >= 0.6 is 0 Å². The van der Waals surface area contributed by atoms with Gasteiger partial charge in [-0.05, 0) is 50.9 Å². The highest BCUT2D eigenvalue weighted by Gasteiger charge is 2.26. The summed E-state index contributed by atoms with van der Waals surface area (Å²) in [5, 5.41) is 15.1. The number of aliphatic carboxylic acids is 1. The van der Waals surface area contributed by atoms with Crippen LogP contribution in [0.15, 0.2) is 41.6 Å². The third kappa shape index (κ3) is 7.16. The molecule has 190 valence electrons. The lowest BCUT2D eigenvalue weighted by molar-refractivity contribution is -0.137. The van der Waals surface area contributed by atoms with Crippen LogP contribution in [0.1, 0.15) is 31.2 Å². The van der Waals surface area contributed by atoms with Crippen LogP contribution in [0, 0.1) is 17.8 Å². The van der Waals surface area contributed by atoms with Gasteiger partial charge in [0.25, 0.3) is 5.56 Å². The SMILES string of the molecule is O=C(O)Cn1cc(NC(=O)[C@H]2CCCN(c3cncc(C#CCOC4CCNCC4)c3)C2)ccc1=O. The minimum atomic E-state index is -1.13. The zero-order valence-corrected chi connectivity index (χ0v) is 20.1. The minimum absolute atomic E-state index is 0.167. The molecule has 0 saturated carbocycles. The number of anilines is 2. The number of carboxylic acids is 1. The predicted octanol–water partition coefficient (Wildman–Crippen LogP) is 1.30. The summed E-state index contributed by atoms with van der Waals surface area (Å²) in [6.07, 6.45) is 8.72. The Morgan fingerprint density at radius 2 is 2.06 bits per heavy atom. The average Bonchev–Trinajstić information content (AvgIpc) is 2.89. The summed E-state index contributed by atoms with van der Waals surface area (Å²) in [6.45, 7) is 3.23. The van der Waals surface area contributed by atoms with Crippen molar-refractivity contribution >= 4 is 23.3 Å². The molecule has 10 nitrogen and oxygen atoms in total. The molecule has 10 heteroatoms. The van der Waals surface area contributed by atoms with Gasteiger partial charge in [0, 0.05) is 37.1 Å². The van der Waals surface area contributed by atoms with Crippen LogP contribution in [0.3, 0.4) is 0 Å². The molecule has 0 spiro atoms. The molecule has 1 amide bonds. The van der Waals surface area contributed by atoms with Gasteiger partial charge in [0.05, 0.1) is 29.6 Å². The third-order valence-corrected chi connectivity index (χ3v) is 6.35. The molecule has 2 saturated heterocycles. The van der Waals surface area contributed by atoms with Crippen molar-refractivity contribution in [3.63, 3.8) is 0 Å². The topological polar surface area (TPSA) is 126 Å². The first-order valence-electron chi connectivity index (χ1n) is 12.2. The van der Waals surface area contributed by atoms with E-state index in [1.165, 1.54) is 18.3 Å². The number of nitrogens with zero attached hydrogens (tertiary/aromatic N) is 3. The second-order valence-electron chi connectivity index (χ2n) is 9.05. The molecular formula is C26H31N5O5. The number of aromatic nitrogens is 2. The largest absolute Gasteiger partial charge is 0.480 e. The molecule has 2 aromatic heterocycles. The van der Waals surface area contributed by atoms with Gasteiger partial charge in [0.1, 0.15) is 13.2 Å². The second kappa shape index (κ2) is 12.3. The van der Waals surface area contributed by atoms with Crippen LogP contribution in [0.4, 0.5) is 11.4 Å². The van der Waals surface area contributed by atoms with Gasteiger partial charge in [0.2, 0.25) is 5.91 Å². The van der Waals surface area contributed by atoms with E-state index in [-0.39, 0.29) is 17.9 Å². The molecule has 3 N–H and O–H groups in total. The maximum absolute atomic E-state index is 12.9. The minimum Gasteiger partial charge on any atom is -0.480 e. The summed E-state index contributed by atoms with van der Waals surface area (Å²) >= 11 is 0. The summed E-state index contributed by atoms with van der Waals surface area (Å²) < 4.78 is 6.89. The predicted molar refractivity (Wildman–Crippen MR) is 135 cm³/mol. The number of carbonyl (C=O) groups excluding carboxylic acids is 1. The highest BCUT2D eigenvalue weighted by Crippen LogP contribution is 2.24. The Bertz CT molecular complexity index is 1190. The van der Waals surface area contributed by atoms with Crippen molar-refractivity contribution in [1.29, 1.82) is 0 Å². The average molecular weight is 494 g/mol. The summed E-state index contributed by atoms with van der Waals surface area (Å²) in [6, 6.07) is 4.72. The number of ether oxygens (including phenoxy) is 1. The lowest BCUT2D eigenvalue weighted by Gasteiger charge is -2.33. The van der Waals surface area contributed by atoms with Crippen LogP contribution < -0.4 is 21.1 Å². The summed E-state index contributed by atoms with van der Waals surface area (Å²) in [4.78, 5) is 42.2. The first-order valence-corrected chi connectivity index (χ1v) is 12.2. The van der Waals surface area contributed by atoms with E-state index in [1.807, 2.05) is 6.07 Å². The van der Waals surface area contributed by atoms with Gasteiger partial charge in [0.15, 0.2) is 0 Å². The van der Waals surface area contributed by atoms with Crippen molar-refractivity contribution in [2.24, 2.45) is 5.92 Å². The van der Waals surface area contributed by atoms with Crippen molar-refractivity contribution in [2.45, 2.75) is 38.3 Å². The maximum atomic E-state index is 12.9. The molecule has 2 aliphatic heterocycles. The number of piperidine rings is 2. The fourth-order valence-electron chi connectivity index (χ4n) is 4.47. The van der Waals surface area contributed by atoms with E-state index >= 15 is 0 Å². The summed E-state index contributed by atoms with van der Waals surface area (Å²) in [5.41, 5.74) is 1.67. The molecule has 0 radical (unpaired) electrons. The van der Waals surface area contributed by atoms with E-state index in [9.17, 15) is 14.4 Å². The molecule has 36 heavy (non-hydrogen) atoms. The van der Waals surface area contributed by atoms with Crippen LogP contribution in [-0.2, 0) is 20.9 Å². The molecular weight excluding hydrogens is 462 g/mol. The molecule has 2 fully saturated rings. The zero-order chi connectivity index (χ0) is 25.3. The lowest BCUT2D eigenvalue weighted by atomic mass is 9.96. The first kappa shape index (κ1) is 25.4. The second-order valence-corrected chi connectivity index (χ2v) is 9.05. The Morgan fingerprint density at radius 3 is 2.86 bits per heavy atom. The molecule has 1 atom stereocenters. The summed E-state index contributed by atoms with van der Waals surface area (Å²) in [5.74, 6) is 4.65. The highest BCUT2D eigenvalue weighted by molar-refractivity contribution is 5.93. The Kier molecular flexibility index (Phi) is 8.71. The van der Waals surface area contributed by atoms with Crippen LogP contribution in [0.5, 0.6) is 0 Å².